The Morgan fingerprint density at radius 1 is 1.11 bits per heavy atom. The van der Waals surface area contributed by atoms with Crippen molar-refractivity contribution in [3.05, 3.63) is 24.3 Å². The average molecular weight is 535 g/mol. The van der Waals surface area contributed by atoms with Gasteiger partial charge >= 0.3 is 10.2 Å². The Bertz CT molecular complexity index is 767. The highest BCUT2D eigenvalue weighted by atomic mass is 32.5. The van der Waals surface area contributed by atoms with Crippen LogP contribution in [0.2, 0.25) is 0 Å². The highest BCUT2D eigenvalue weighted by molar-refractivity contribution is 8.45. The number of fused-ring (bicyclic) bond motifs is 1. The molecule has 2 saturated heterocycles. The van der Waals surface area contributed by atoms with Crippen molar-refractivity contribution in [1.82, 2.24) is 4.90 Å². The van der Waals surface area contributed by atoms with Crippen LogP contribution in [0.5, 0.6) is 0 Å². The summed E-state index contributed by atoms with van der Waals surface area (Å²) in [4.78, 5) is 11.7. The molecule has 2 aliphatic rings. The van der Waals surface area contributed by atoms with E-state index < -0.39 is 15.1 Å². The van der Waals surface area contributed by atoms with Gasteiger partial charge in [0.25, 0.3) is 0 Å². The Morgan fingerprint density at radius 2 is 1.71 bits per heavy atom. The largest absolute Gasteiger partial charge is 0.383 e. The van der Waals surface area contributed by atoms with Gasteiger partial charge in [-0.2, -0.15) is 0 Å². The van der Waals surface area contributed by atoms with E-state index in [-0.39, 0.29) is 24.2 Å². The molecule has 0 radical (unpaired) electrons. The summed E-state index contributed by atoms with van der Waals surface area (Å²) in [7, 11) is -4.89. The minimum atomic E-state index is -9.67. The van der Waals surface area contributed by atoms with Crippen molar-refractivity contribution in [1.29, 1.82) is 0 Å². The van der Waals surface area contributed by atoms with Crippen molar-refractivity contribution in [3.8, 4) is 0 Å². The molecule has 208 valence electrons. The van der Waals surface area contributed by atoms with Gasteiger partial charge in [0.2, 0.25) is 6.41 Å². The summed E-state index contributed by atoms with van der Waals surface area (Å²) >= 11 is 0. The van der Waals surface area contributed by atoms with Gasteiger partial charge in [0.05, 0.1) is 13.2 Å². The number of hydrogen-bond donors (Lipinski definition) is 0. The SMILES string of the molecule is CC.CCC.CN(C=O)c1cccc(S(F)(F)(F)(F)F)c1.COCC1CCC2(COC)CCCN12. The van der Waals surface area contributed by atoms with E-state index in [1.807, 2.05) is 21.0 Å². The minimum absolute atomic E-state index is 0.227. The van der Waals surface area contributed by atoms with Gasteiger partial charge in [-0.15, -0.1) is 0 Å². The van der Waals surface area contributed by atoms with E-state index in [9.17, 15) is 24.2 Å². The summed E-state index contributed by atoms with van der Waals surface area (Å²) in [6.45, 7) is 11.3. The zero-order valence-electron chi connectivity index (χ0n) is 22.0. The van der Waals surface area contributed by atoms with Crippen LogP contribution < -0.4 is 4.90 Å². The number of benzene rings is 1. The monoisotopic (exact) mass is 534 g/mol. The Morgan fingerprint density at radius 3 is 2.20 bits per heavy atom. The second kappa shape index (κ2) is 13.2. The lowest BCUT2D eigenvalue weighted by molar-refractivity contribution is -0.107. The van der Waals surface area contributed by atoms with Crippen molar-refractivity contribution in [2.75, 3.05) is 45.9 Å². The third-order valence-corrected chi connectivity index (χ3v) is 6.78. The van der Waals surface area contributed by atoms with E-state index >= 15 is 0 Å². The van der Waals surface area contributed by atoms with Crippen LogP contribution in [0.25, 0.3) is 0 Å². The molecule has 1 amide bonds. The number of nitrogens with zero attached hydrogens (tertiary/aromatic N) is 2. The van der Waals surface area contributed by atoms with Gasteiger partial charge in [-0.1, -0.05) is 59.6 Å². The lowest BCUT2D eigenvalue weighted by atomic mass is 9.95. The van der Waals surface area contributed by atoms with Crippen molar-refractivity contribution in [2.45, 2.75) is 76.3 Å². The van der Waals surface area contributed by atoms with Crippen molar-refractivity contribution in [2.24, 2.45) is 0 Å². The lowest BCUT2D eigenvalue weighted by Gasteiger charge is -2.40. The summed E-state index contributed by atoms with van der Waals surface area (Å²) in [5.74, 6) is 0. The Labute approximate surface area is 207 Å². The molecule has 0 N–H and O–H groups in total. The van der Waals surface area contributed by atoms with Crippen LogP contribution in [0, 0.1) is 0 Å². The topological polar surface area (TPSA) is 42.0 Å². The zero-order valence-corrected chi connectivity index (χ0v) is 22.9. The van der Waals surface area contributed by atoms with Gasteiger partial charge in [-0.25, -0.2) is 0 Å². The fourth-order valence-electron chi connectivity index (χ4n) is 4.25. The van der Waals surface area contributed by atoms with Crippen LogP contribution in [-0.4, -0.2) is 63.9 Å². The van der Waals surface area contributed by atoms with Gasteiger partial charge in [-0.3, -0.25) is 9.69 Å². The standard InChI is InChI=1S/C11H21NO2.C8H8F5NOS.C3H8.C2H6/c1-13-8-10-4-6-11(9-14-2)5-3-7-12(10)11;1-14(6-15)7-3-2-4-8(5-7)16(9,10,11,12)13;1-3-2;1-2/h10H,3-9H2,1-2H3;2-6H,1H3;3H2,1-2H3;1-2H3. The fourth-order valence-corrected chi connectivity index (χ4v) is 4.93. The average Bonchev–Trinajstić information content (AvgIpc) is 3.34. The maximum atomic E-state index is 12.4. The molecule has 3 rings (SSSR count). The van der Waals surface area contributed by atoms with E-state index in [2.05, 4.69) is 18.7 Å². The number of carbonyl (C=O) groups excluding carboxylic acids is 1. The highest BCUT2D eigenvalue weighted by Gasteiger charge is 2.65. The quantitative estimate of drug-likeness (QED) is 0.266. The first-order valence-electron chi connectivity index (χ1n) is 11.9. The molecule has 0 saturated carbocycles. The number of carbonyl (C=O) groups is 1. The van der Waals surface area contributed by atoms with Gasteiger partial charge in [0.1, 0.15) is 4.90 Å². The highest BCUT2D eigenvalue weighted by Crippen LogP contribution is 3.02. The number of halogens is 5. The number of rotatable bonds is 7. The number of anilines is 1. The fraction of sp³-hybridized carbons (Fsp3) is 0.708. The van der Waals surface area contributed by atoms with E-state index in [0.29, 0.717) is 11.6 Å². The maximum absolute atomic E-state index is 12.4. The third-order valence-electron chi connectivity index (χ3n) is 5.63. The first kappa shape index (κ1) is 33.6. The van der Waals surface area contributed by atoms with Gasteiger partial charge < -0.3 is 14.4 Å². The molecular formula is C24H43F5N2O3S. The molecule has 35 heavy (non-hydrogen) atoms. The molecule has 2 unspecified atom stereocenters. The predicted molar refractivity (Wildman–Crippen MR) is 135 cm³/mol. The summed E-state index contributed by atoms with van der Waals surface area (Å²) in [6.07, 6.45) is 6.67. The molecule has 2 heterocycles. The molecule has 0 aliphatic carbocycles. The molecular weight excluding hydrogens is 491 g/mol. The van der Waals surface area contributed by atoms with Crippen LogP contribution in [-0.2, 0) is 14.3 Å². The smallest absolute Gasteiger partial charge is 0.310 e. The van der Waals surface area contributed by atoms with Crippen LogP contribution in [0.15, 0.2) is 29.2 Å². The van der Waals surface area contributed by atoms with Crippen LogP contribution >= 0.6 is 10.2 Å². The van der Waals surface area contributed by atoms with E-state index in [0.717, 1.165) is 37.3 Å². The van der Waals surface area contributed by atoms with Crippen LogP contribution in [0.1, 0.15) is 59.8 Å². The Hall–Kier alpha value is -1.43. The summed E-state index contributed by atoms with van der Waals surface area (Å²) in [6, 6.07) is 3.11. The number of ether oxygens (including phenoxy) is 2. The second-order valence-electron chi connectivity index (χ2n) is 8.49. The normalized spacial score (nSPS) is 23.1. The summed E-state index contributed by atoms with van der Waals surface area (Å²) < 4.78 is 72.6. The van der Waals surface area contributed by atoms with Crippen molar-refractivity contribution >= 4 is 22.3 Å². The molecule has 0 spiro atoms. The van der Waals surface area contributed by atoms with Crippen molar-refractivity contribution < 1.29 is 33.7 Å². The molecule has 2 fully saturated rings. The zero-order chi connectivity index (χ0) is 27.4. The van der Waals surface area contributed by atoms with E-state index in [1.54, 1.807) is 7.11 Å². The van der Waals surface area contributed by atoms with Gasteiger partial charge in [0, 0.05) is 38.5 Å². The Balaban J connectivity index is 0.000000561. The maximum Gasteiger partial charge on any atom is 0.310 e. The Kier molecular flexibility index (Phi) is 12.7. The molecule has 1 aromatic carbocycles. The van der Waals surface area contributed by atoms with E-state index in [1.165, 1.54) is 38.6 Å². The van der Waals surface area contributed by atoms with Gasteiger partial charge in [-0.05, 0) is 50.4 Å². The lowest BCUT2D eigenvalue weighted by Crippen LogP contribution is -2.46. The number of hydrogen-bond acceptors (Lipinski definition) is 4. The molecule has 1 aromatic rings. The molecule has 2 atom stereocenters. The second-order valence-corrected chi connectivity index (χ2v) is 10.9. The van der Waals surface area contributed by atoms with Crippen molar-refractivity contribution in [3.63, 3.8) is 0 Å². The molecule has 0 bridgehead atoms. The number of amides is 1. The van der Waals surface area contributed by atoms with Gasteiger partial charge in [0.15, 0.2) is 0 Å². The summed E-state index contributed by atoms with van der Waals surface area (Å²) in [5, 5.41) is 0. The molecule has 0 aromatic heterocycles. The number of methoxy groups -OCH3 is 2. The predicted octanol–water partition coefficient (Wildman–Crippen LogP) is 7.66. The van der Waals surface area contributed by atoms with Crippen LogP contribution in [0.3, 0.4) is 0 Å². The van der Waals surface area contributed by atoms with Crippen LogP contribution in [0.4, 0.5) is 25.1 Å². The molecule has 11 heteroatoms. The van der Waals surface area contributed by atoms with E-state index in [4.69, 9.17) is 9.47 Å². The molecule has 2 aliphatic heterocycles. The first-order valence-corrected chi connectivity index (χ1v) is 13.9. The first-order chi connectivity index (χ1) is 16.2. The molecule has 5 nitrogen and oxygen atoms in total. The minimum Gasteiger partial charge on any atom is -0.383 e. The third kappa shape index (κ3) is 10.2. The summed E-state index contributed by atoms with van der Waals surface area (Å²) in [5.41, 5.74) is 0.110.